The molecule has 0 bridgehead atoms. The summed E-state index contributed by atoms with van der Waals surface area (Å²) in [5.41, 5.74) is 0.639. The number of hydrogen-bond donors (Lipinski definition) is 1. The van der Waals surface area contributed by atoms with Crippen molar-refractivity contribution in [2.45, 2.75) is 18.9 Å². The lowest BCUT2D eigenvalue weighted by Gasteiger charge is -2.32. The highest BCUT2D eigenvalue weighted by atomic mass is 35.5. The Morgan fingerprint density at radius 1 is 1.08 bits per heavy atom. The van der Waals surface area contributed by atoms with Gasteiger partial charge in [0.05, 0.1) is 17.8 Å². The van der Waals surface area contributed by atoms with E-state index in [9.17, 15) is 9.59 Å². The molecule has 1 N–H and O–H groups in total. The topological polar surface area (TPSA) is 75.4 Å². The first kappa shape index (κ1) is 16.8. The zero-order valence-electron chi connectivity index (χ0n) is 12.7. The van der Waals surface area contributed by atoms with E-state index in [1.54, 1.807) is 27.8 Å². The normalized spacial score (nSPS) is 15.5. The average molecular weight is 368 g/mol. The molecule has 6 nitrogen and oxygen atoms in total. The molecule has 1 aromatic carbocycles. The number of hydrogen-bond acceptors (Lipinski definition) is 3. The summed E-state index contributed by atoms with van der Waals surface area (Å²) in [4.78, 5) is 25.2. The molecule has 0 spiro atoms. The molecule has 0 radical (unpaired) electrons. The van der Waals surface area contributed by atoms with Gasteiger partial charge in [0.25, 0.3) is 5.91 Å². The van der Waals surface area contributed by atoms with Crippen LogP contribution in [0.5, 0.6) is 0 Å². The van der Waals surface area contributed by atoms with Crippen LogP contribution in [0, 0.1) is 0 Å². The molecule has 3 rings (SSSR count). The molecule has 2 heterocycles. The van der Waals surface area contributed by atoms with Crippen LogP contribution in [-0.4, -0.2) is 44.8 Å². The van der Waals surface area contributed by atoms with Gasteiger partial charge in [0.2, 0.25) is 0 Å². The Labute approximate surface area is 148 Å². The molecule has 0 unspecified atom stereocenters. The molecular weight excluding hydrogens is 353 g/mol. The summed E-state index contributed by atoms with van der Waals surface area (Å²) < 4.78 is 1.67. The van der Waals surface area contributed by atoms with Crippen LogP contribution in [0.1, 0.15) is 39.6 Å². The Bertz CT molecular complexity index is 762. The number of aromatic nitrogens is 2. The second-order valence-corrected chi connectivity index (χ2v) is 6.57. The van der Waals surface area contributed by atoms with Gasteiger partial charge in [-0.25, -0.2) is 4.79 Å². The number of likely N-dealkylation sites (tertiary alicyclic amines) is 1. The molecule has 0 saturated carbocycles. The zero-order chi connectivity index (χ0) is 17.3. The van der Waals surface area contributed by atoms with Gasteiger partial charge < -0.3 is 10.0 Å². The second kappa shape index (κ2) is 6.83. The lowest BCUT2D eigenvalue weighted by Crippen LogP contribution is -2.39. The van der Waals surface area contributed by atoms with Gasteiger partial charge >= 0.3 is 5.97 Å². The fourth-order valence-electron chi connectivity index (χ4n) is 2.84. The molecule has 1 aliphatic heterocycles. The van der Waals surface area contributed by atoms with E-state index in [-0.39, 0.29) is 17.5 Å². The molecule has 0 aliphatic carbocycles. The van der Waals surface area contributed by atoms with E-state index >= 15 is 0 Å². The smallest absolute Gasteiger partial charge is 0.338 e. The number of amides is 1. The third-order valence-electron chi connectivity index (χ3n) is 4.08. The Hall–Kier alpha value is -2.05. The molecule has 126 valence electrons. The first-order valence-corrected chi connectivity index (χ1v) is 8.22. The van der Waals surface area contributed by atoms with Gasteiger partial charge in [0, 0.05) is 34.9 Å². The van der Waals surface area contributed by atoms with Gasteiger partial charge in [-0.3, -0.25) is 9.48 Å². The van der Waals surface area contributed by atoms with Crippen molar-refractivity contribution in [2.24, 2.45) is 0 Å². The molecule has 1 amide bonds. The second-order valence-electron chi connectivity index (χ2n) is 5.70. The van der Waals surface area contributed by atoms with Crippen LogP contribution in [0.2, 0.25) is 10.0 Å². The van der Waals surface area contributed by atoms with Crippen molar-refractivity contribution in [3.8, 4) is 0 Å². The molecular formula is C16H15Cl2N3O3. The lowest BCUT2D eigenvalue weighted by atomic mass is 10.0. The number of halogens is 2. The minimum absolute atomic E-state index is 0.0881. The predicted octanol–water partition coefficient (Wildman–Crippen LogP) is 3.37. The molecule has 1 saturated heterocycles. The summed E-state index contributed by atoms with van der Waals surface area (Å²) in [5.74, 6) is -1.10. The summed E-state index contributed by atoms with van der Waals surface area (Å²) in [6.45, 7) is 1.13. The van der Waals surface area contributed by atoms with Gasteiger partial charge in [-0.05, 0) is 31.0 Å². The van der Waals surface area contributed by atoms with Crippen molar-refractivity contribution < 1.29 is 14.7 Å². The van der Waals surface area contributed by atoms with E-state index in [0.717, 1.165) is 0 Å². The molecule has 2 aromatic rings. The van der Waals surface area contributed by atoms with Gasteiger partial charge in [-0.1, -0.05) is 23.2 Å². The number of carbonyl (C=O) groups is 2. The first-order chi connectivity index (χ1) is 11.4. The summed E-state index contributed by atoms with van der Waals surface area (Å²) in [7, 11) is 0. The van der Waals surface area contributed by atoms with Crippen LogP contribution in [0.15, 0.2) is 30.6 Å². The van der Waals surface area contributed by atoms with Gasteiger partial charge in [0.1, 0.15) is 0 Å². The minimum Gasteiger partial charge on any atom is -0.478 e. The SMILES string of the molecule is O=C(O)c1cnn(C2CCN(C(=O)c3cc(Cl)cc(Cl)c3)CC2)c1. The van der Waals surface area contributed by atoms with E-state index in [1.165, 1.54) is 12.4 Å². The molecule has 1 aliphatic rings. The number of carboxylic acids is 1. The zero-order valence-corrected chi connectivity index (χ0v) is 14.2. The van der Waals surface area contributed by atoms with Crippen molar-refractivity contribution in [3.05, 3.63) is 51.8 Å². The number of carboxylic acid groups (broad SMARTS) is 1. The number of piperidine rings is 1. The number of carbonyl (C=O) groups excluding carboxylic acids is 1. The van der Waals surface area contributed by atoms with Gasteiger partial charge in [0.15, 0.2) is 0 Å². The first-order valence-electron chi connectivity index (χ1n) is 7.47. The number of rotatable bonds is 3. The van der Waals surface area contributed by atoms with Crippen LogP contribution in [0.25, 0.3) is 0 Å². The van der Waals surface area contributed by atoms with Crippen molar-refractivity contribution >= 4 is 35.1 Å². The Kier molecular flexibility index (Phi) is 4.78. The van der Waals surface area contributed by atoms with E-state index in [2.05, 4.69) is 5.10 Å². The Balaban J connectivity index is 1.65. The van der Waals surface area contributed by atoms with Crippen molar-refractivity contribution in [1.29, 1.82) is 0 Å². The molecule has 1 aromatic heterocycles. The van der Waals surface area contributed by atoms with Crippen LogP contribution in [0.4, 0.5) is 0 Å². The van der Waals surface area contributed by atoms with Crippen molar-refractivity contribution in [2.75, 3.05) is 13.1 Å². The highest BCUT2D eigenvalue weighted by molar-refractivity contribution is 6.35. The standard InChI is InChI=1S/C16H15Cl2N3O3/c17-12-5-10(6-13(18)7-12)15(22)20-3-1-14(2-4-20)21-9-11(8-19-21)16(23)24/h5-9,14H,1-4H2,(H,23,24). The predicted molar refractivity (Wildman–Crippen MR) is 89.8 cm³/mol. The fraction of sp³-hybridized carbons (Fsp3) is 0.312. The quantitative estimate of drug-likeness (QED) is 0.902. The Morgan fingerprint density at radius 2 is 1.71 bits per heavy atom. The maximum atomic E-state index is 12.5. The monoisotopic (exact) mass is 367 g/mol. The number of aromatic carboxylic acids is 1. The molecule has 0 atom stereocenters. The van der Waals surface area contributed by atoms with E-state index in [4.69, 9.17) is 28.3 Å². The highest BCUT2D eigenvalue weighted by Gasteiger charge is 2.25. The van der Waals surface area contributed by atoms with Crippen LogP contribution in [-0.2, 0) is 0 Å². The molecule has 1 fully saturated rings. The van der Waals surface area contributed by atoms with E-state index < -0.39 is 5.97 Å². The summed E-state index contributed by atoms with van der Waals surface area (Å²) in [6.07, 6.45) is 4.29. The number of nitrogens with zero attached hydrogens (tertiary/aromatic N) is 3. The van der Waals surface area contributed by atoms with E-state index in [0.29, 0.717) is 41.5 Å². The fourth-order valence-corrected chi connectivity index (χ4v) is 3.37. The maximum absolute atomic E-state index is 12.5. The van der Waals surface area contributed by atoms with Gasteiger partial charge in [-0.2, -0.15) is 5.10 Å². The molecule has 24 heavy (non-hydrogen) atoms. The summed E-state index contributed by atoms with van der Waals surface area (Å²) in [6, 6.07) is 4.89. The third kappa shape index (κ3) is 3.55. The third-order valence-corrected chi connectivity index (χ3v) is 4.52. The van der Waals surface area contributed by atoms with Crippen LogP contribution < -0.4 is 0 Å². The van der Waals surface area contributed by atoms with Crippen molar-refractivity contribution in [1.82, 2.24) is 14.7 Å². The maximum Gasteiger partial charge on any atom is 0.338 e. The van der Waals surface area contributed by atoms with E-state index in [1.807, 2.05) is 0 Å². The summed E-state index contributed by atoms with van der Waals surface area (Å²) in [5, 5.41) is 13.9. The average Bonchev–Trinajstić information content (AvgIpc) is 3.03. The Morgan fingerprint density at radius 3 is 2.25 bits per heavy atom. The van der Waals surface area contributed by atoms with Crippen molar-refractivity contribution in [3.63, 3.8) is 0 Å². The molecule has 8 heteroatoms. The summed E-state index contributed by atoms with van der Waals surface area (Å²) >= 11 is 11.9. The van der Waals surface area contributed by atoms with Crippen LogP contribution in [0.3, 0.4) is 0 Å². The highest BCUT2D eigenvalue weighted by Crippen LogP contribution is 2.25. The largest absolute Gasteiger partial charge is 0.478 e. The van der Waals surface area contributed by atoms with Crippen LogP contribution >= 0.6 is 23.2 Å². The number of benzene rings is 1. The lowest BCUT2D eigenvalue weighted by molar-refractivity contribution is 0.0688. The van der Waals surface area contributed by atoms with Gasteiger partial charge in [-0.15, -0.1) is 0 Å². The minimum atomic E-state index is -0.994.